The van der Waals surface area contributed by atoms with Crippen molar-refractivity contribution < 1.29 is 4.74 Å². The van der Waals surface area contributed by atoms with E-state index in [4.69, 9.17) is 10.5 Å². The highest BCUT2D eigenvalue weighted by Crippen LogP contribution is 2.16. The molecule has 5 nitrogen and oxygen atoms in total. The lowest BCUT2D eigenvalue weighted by atomic mass is 10.0. The number of ether oxygens (including phenoxy) is 1. The van der Waals surface area contributed by atoms with Gasteiger partial charge in [-0.15, -0.1) is 0 Å². The van der Waals surface area contributed by atoms with Crippen molar-refractivity contribution in [3.05, 3.63) is 21.7 Å². The standard InChI is InChI=1S/C10H15N3O2/c1-6-9(11)12-8(13-10(6)14)4-7-2-3-15-5-7/h7H,2-5H2,1H3,(H3,11,12,13,14). The molecule has 0 aromatic carbocycles. The van der Waals surface area contributed by atoms with Crippen LogP contribution < -0.4 is 11.3 Å². The Morgan fingerprint density at radius 2 is 2.47 bits per heavy atom. The van der Waals surface area contributed by atoms with Crippen LogP contribution in [0.15, 0.2) is 4.79 Å². The van der Waals surface area contributed by atoms with Crippen molar-refractivity contribution in [2.75, 3.05) is 18.9 Å². The Kier molecular flexibility index (Phi) is 2.73. The average Bonchev–Trinajstić information content (AvgIpc) is 2.66. The summed E-state index contributed by atoms with van der Waals surface area (Å²) in [6.07, 6.45) is 1.76. The molecule has 0 radical (unpaired) electrons. The summed E-state index contributed by atoms with van der Waals surface area (Å²) in [7, 11) is 0. The molecule has 15 heavy (non-hydrogen) atoms. The van der Waals surface area contributed by atoms with Crippen LogP contribution in [-0.2, 0) is 11.2 Å². The van der Waals surface area contributed by atoms with Gasteiger partial charge < -0.3 is 15.5 Å². The summed E-state index contributed by atoms with van der Waals surface area (Å²) in [6, 6.07) is 0. The quantitative estimate of drug-likeness (QED) is 0.731. The fraction of sp³-hybridized carbons (Fsp3) is 0.600. The predicted molar refractivity (Wildman–Crippen MR) is 56.6 cm³/mol. The second-order valence-electron chi connectivity index (χ2n) is 3.96. The number of H-pyrrole nitrogens is 1. The van der Waals surface area contributed by atoms with Gasteiger partial charge in [0.05, 0.1) is 5.56 Å². The molecule has 5 heteroatoms. The lowest BCUT2D eigenvalue weighted by Gasteiger charge is -2.07. The summed E-state index contributed by atoms with van der Waals surface area (Å²) in [5.41, 5.74) is 5.98. The van der Waals surface area contributed by atoms with E-state index in [1.54, 1.807) is 6.92 Å². The van der Waals surface area contributed by atoms with Crippen LogP contribution in [0.5, 0.6) is 0 Å². The van der Waals surface area contributed by atoms with Gasteiger partial charge in [0.25, 0.3) is 5.56 Å². The Balaban J connectivity index is 2.18. The second kappa shape index (κ2) is 4.02. The molecule has 1 aliphatic heterocycles. The van der Waals surface area contributed by atoms with Crippen LogP contribution in [-0.4, -0.2) is 23.2 Å². The largest absolute Gasteiger partial charge is 0.383 e. The number of anilines is 1. The fourth-order valence-electron chi connectivity index (χ4n) is 1.71. The van der Waals surface area contributed by atoms with E-state index >= 15 is 0 Å². The van der Waals surface area contributed by atoms with Gasteiger partial charge in [0.2, 0.25) is 0 Å². The maximum absolute atomic E-state index is 11.4. The molecule has 1 aromatic heterocycles. The molecule has 1 atom stereocenters. The highest BCUT2D eigenvalue weighted by Gasteiger charge is 2.17. The first kappa shape index (κ1) is 10.2. The topological polar surface area (TPSA) is 81.0 Å². The normalized spacial score (nSPS) is 20.7. The van der Waals surface area contributed by atoms with E-state index in [1.807, 2.05) is 0 Å². The van der Waals surface area contributed by atoms with Crippen molar-refractivity contribution in [3.63, 3.8) is 0 Å². The molecule has 2 heterocycles. The zero-order valence-corrected chi connectivity index (χ0v) is 8.75. The Morgan fingerprint density at radius 1 is 1.67 bits per heavy atom. The van der Waals surface area contributed by atoms with Gasteiger partial charge in [0.15, 0.2) is 0 Å². The number of aromatic amines is 1. The molecule has 0 bridgehead atoms. The molecule has 0 aliphatic carbocycles. The molecule has 0 saturated carbocycles. The third-order valence-electron chi connectivity index (χ3n) is 2.74. The third kappa shape index (κ3) is 2.18. The minimum atomic E-state index is -0.142. The molecular formula is C10H15N3O2. The maximum Gasteiger partial charge on any atom is 0.255 e. The highest BCUT2D eigenvalue weighted by atomic mass is 16.5. The molecule has 1 fully saturated rings. The van der Waals surface area contributed by atoms with Crippen LogP contribution in [0.4, 0.5) is 5.82 Å². The third-order valence-corrected chi connectivity index (χ3v) is 2.74. The van der Waals surface area contributed by atoms with Gasteiger partial charge in [0.1, 0.15) is 11.6 Å². The first-order valence-electron chi connectivity index (χ1n) is 5.10. The molecule has 1 saturated heterocycles. The van der Waals surface area contributed by atoms with Crippen molar-refractivity contribution in [2.24, 2.45) is 5.92 Å². The number of hydrogen-bond donors (Lipinski definition) is 2. The molecule has 3 N–H and O–H groups in total. The van der Waals surface area contributed by atoms with Crippen molar-refractivity contribution >= 4 is 5.82 Å². The summed E-state index contributed by atoms with van der Waals surface area (Å²) in [5.74, 6) is 1.45. The number of nitrogens with two attached hydrogens (primary N) is 1. The summed E-state index contributed by atoms with van der Waals surface area (Å²) >= 11 is 0. The minimum absolute atomic E-state index is 0.142. The SMILES string of the molecule is Cc1c(N)nc(CC2CCOC2)[nH]c1=O. The fourth-order valence-corrected chi connectivity index (χ4v) is 1.71. The monoisotopic (exact) mass is 209 g/mol. The van der Waals surface area contributed by atoms with Crippen molar-refractivity contribution in [2.45, 2.75) is 19.8 Å². The average molecular weight is 209 g/mol. The van der Waals surface area contributed by atoms with Crippen LogP contribution in [0.2, 0.25) is 0 Å². The number of nitrogens with one attached hydrogen (secondary N) is 1. The van der Waals surface area contributed by atoms with Gasteiger partial charge >= 0.3 is 0 Å². The zero-order valence-electron chi connectivity index (χ0n) is 8.75. The van der Waals surface area contributed by atoms with Crippen molar-refractivity contribution in [3.8, 4) is 0 Å². The van der Waals surface area contributed by atoms with Crippen molar-refractivity contribution in [1.29, 1.82) is 0 Å². The maximum atomic E-state index is 11.4. The number of aromatic nitrogens is 2. The first-order chi connectivity index (χ1) is 7.16. The molecule has 0 spiro atoms. The number of hydrogen-bond acceptors (Lipinski definition) is 4. The van der Waals surface area contributed by atoms with Gasteiger partial charge in [-0.1, -0.05) is 0 Å². The molecule has 82 valence electrons. The van der Waals surface area contributed by atoms with E-state index in [9.17, 15) is 4.79 Å². The van der Waals surface area contributed by atoms with Gasteiger partial charge in [-0.3, -0.25) is 4.79 Å². The van der Waals surface area contributed by atoms with Crippen LogP contribution in [0.1, 0.15) is 17.8 Å². The molecule has 2 rings (SSSR count). The van der Waals surface area contributed by atoms with E-state index < -0.39 is 0 Å². The first-order valence-corrected chi connectivity index (χ1v) is 5.10. The molecule has 1 aromatic rings. The number of rotatable bonds is 2. The van der Waals surface area contributed by atoms with Crippen LogP contribution in [0.3, 0.4) is 0 Å². The van der Waals surface area contributed by atoms with E-state index in [0.29, 0.717) is 23.1 Å². The summed E-state index contributed by atoms with van der Waals surface area (Å²) in [5, 5.41) is 0. The zero-order chi connectivity index (χ0) is 10.8. The van der Waals surface area contributed by atoms with Crippen LogP contribution >= 0.6 is 0 Å². The summed E-state index contributed by atoms with van der Waals surface area (Å²) in [4.78, 5) is 18.3. The lowest BCUT2D eigenvalue weighted by molar-refractivity contribution is 0.185. The summed E-state index contributed by atoms with van der Waals surface area (Å²) in [6.45, 7) is 3.22. The minimum Gasteiger partial charge on any atom is -0.383 e. The highest BCUT2D eigenvalue weighted by molar-refractivity contribution is 5.36. The Bertz CT molecular complexity index is 408. The van der Waals surface area contributed by atoms with E-state index in [0.717, 1.165) is 26.1 Å². The van der Waals surface area contributed by atoms with Gasteiger partial charge in [-0.05, 0) is 19.3 Å². The molecular weight excluding hydrogens is 194 g/mol. The van der Waals surface area contributed by atoms with E-state index in [2.05, 4.69) is 9.97 Å². The van der Waals surface area contributed by atoms with Crippen molar-refractivity contribution in [1.82, 2.24) is 9.97 Å². The number of nitrogens with zero attached hydrogens (tertiary/aromatic N) is 1. The van der Waals surface area contributed by atoms with Gasteiger partial charge in [0, 0.05) is 19.6 Å². The second-order valence-corrected chi connectivity index (χ2v) is 3.96. The Hall–Kier alpha value is -1.36. The van der Waals surface area contributed by atoms with Crippen LogP contribution in [0.25, 0.3) is 0 Å². The molecule has 0 amide bonds. The van der Waals surface area contributed by atoms with Crippen LogP contribution in [0, 0.1) is 12.8 Å². The smallest absolute Gasteiger partial charge is 0.255 e. The predicted octanol–water partition coefficient (Wildman–Crippen LogP) is 0.240. The van der Waals surface area contributed by atoms with E-state index in [-0.39, 0.29) is 5.56 Å². The lowest BCUT2D eigenvalue weighted by Crippen LogP contribution is -2.19. The summed E-state index contributed by atoms with van der Waals surface area (Å²) < 4.78 is 5.26. The van der Waals surface area contributed by atoms with Gasteiger partial charge in [-0.2, -0.15) is 0 Å². The molecule has 1 unspecified atom stereocenters. The number of nitrogen functional groups attached to an aromatic ring is 1. The molecule has 1 aliphatic rings. The Morgan fingerprint density at radius 3 is 3.07 bits per heavy atom. The Labute approximate surface area is 87.7 Å². The van der Waals surface area contributed by atoms with Gasteiger partial charge in [-0.25, -0.2) is 4.98 Å². The van der Waals surface area contributed by atoms with E-state index in [1.165, 1.54) is 0 Å².